The minimum absolute atomic E-state index is 0.0338. The molecule has 0 fully saturated rings. The van der Waals surface area contributed by atoms with Crippen LogP contribution in [0.3, 0.4) is 0 Å². The molecular weight excluding hydrogens is 330 g/mol. The maximum atomic E-state index is 13.2. The number of aryl methyl sites for hydroxylation is 3. The quantitative estimate of drug-likeness (QED) is 0.764. The van der Waals surface area contributed by atoms with Crippen LogP contribution in [-0.4, -0.2) is 20.7 Å². The lowest BCUT2D eigenvalue weighted by molar-refractivity contribution is -0.115. The van der Waals surface area contributed by atoms with Crippen molar-refractivity contribution < 1.29 is 13.6 Å². The molecule has 0 saturated heterocycles. The number of fused-ring (bicyclic) bond motifs is 1. The van der Waals surface area contributed by atoms with Crippen molar-refractivity contribution in [3.8, 4) is 0 Å². The summed E-state index contributed by atoms with van der Waals surface area (Å²) in [6, 6.07) is 3.13. The van der Waals surface area contributed by atoms with Gasteiger partial charge in [0.1, 0.15) is 0 Å². The third kappa shape index (κ3) is 3.02. The number of H-pyrrole nitrogens is 1. The minimum Gasteiger partial charge on any atom is -0.326 e. The summed E-state index contributed by atoms with van der Waals surface area (Å²) in [6.07, 6.45) is -0.0338. The lowest BCUT2D eigenvalue weighted by Gasteiger charge is -2.11. The Morgan fingerprint density at radius 1 is 1.28 bits per heavy atom. The van der Waals surface area contributed by atoms with Crippen molar-refractivity contribution in [3.05, 3.63) is 57.0 Å². The third-order valence-corrected chi connectivity index (χ3v) is 4.12. The highest BCUT2D eigenvalue weighted by atomic mass is 19.2. The van der Waals surface area contributed by atoms with Crippen LogP contribution in [0.15, 0.2) is 23.0 Å². The zero-order valence-corrected chi connectivity index (χ0v) is 13.9. The Bertz CT molecular complexity index is 1050. The average Bonchev–Trinajstić information content (AvgIpc) is 2.81. The first-order valence-corrected chi connectivity index (χ1v) is 7.57. The molecule has 25 heavy (non-hydrogen) atoms. The Balaban J connectivity index is 1.92. The van der Waals surface area contributed by atoms with Gasteiger partial charge in [0, 0.05) is 24.5 Å². The number of anilines is 1. The van der Waals surface area contributed by atoms with Gasteiger partial charge in [0.2, 0.25) is 5.91 Å². The molecular formula is C17H16F2N4O2. The Morgan fingerprint density at radius 2 is 2.00 bits per heavy atom. The van der Waals surface area contributed by atoms with E-state index in [1.165, 1.54) is 10.7 Å². The molecule has 0 bridgehead atoms. The minimum atomic E-state index is -1.04. The maximum Gasteiger partial charge on any atom is 0.273 e. The summed E-state index contributed by atoms with van der Waals surface area (Å²) in [5.41, 5.74) is 2.33. The van der Waals surface area contributed by atoms with Crippen molar-refractivity contribution in [2.45, 2.75) is 20.3 Å². The molecule has 2 aromatic heterocycles. The van der Waals surface area contributed by atoms with Gasteiger partial charge in [0.05, 0.1) is 11.8 Å². The normalized spacial score (nSPS) is 11.1. The van der Waals surface area contributed by atoms with E-state index in [0.29, 0.717) is 27.9 Å². The number of hydrogen-bond acceptors (Lipinski definition) is 3. The number of hydrogen-bond donors (Lipinski definition) is 2. The van der Waals surface area contributed by atoms with E-state index < -0.39 is 17.5 Å². The number of benzene rings is 1. The number of aromatic nitrogens is 3. The van der Waals surface area contributed by atoms with Gasteiger partial charge in [-0.1, -0.05) is 0 Å². The number of rotatable bonds is 3. The summed E-state index contributed by atoms with van der Waals surface area (Å²) in [7, 11) is 1.69. The van der Waals surface area contributed by atoms with Crippen LogP contribution in [0.25, 0.3) is 11.0 Å². The largest absolute Gasteiger partial charge is 0.326 e. The molecule has 0 spiro atoms. The van der Waals surface area contributed by atoms with Crippen LogP contribution in [0.1, 0.15) is 16.8 Å². The Morgan fingerprint density at radius 3 is 2.68 bits per heavy atom. The van der Waals surface area contributed by atoms with Crippen molar-refractivity contribution in [1.29, 1.82) is 0 Å². The molecule has 1 amide bonds. The lowest BCUT2D eigenvalue weighted by atomic mass is 10.0. The number of carbonyl (C=O) groups is 1. The number of nitrogens with zero attached hydrogens (tertiary/aromatic N) is 2. The first-order chi connectivity index (χ1) is 11.8. The molecule has 2 heterocycles. The van der Waals surface area contributed by atoms with Crippen LogP contribution in [0.5, 0.6) is 0 Å². The van der Waals surface area contributed by atoms with Crippen molar-refractivity contribution in [2.24, 2.45) is 7.05 Å². The molecule has 130 valence electrons. The van der Waals surface area contributed by atoms with E-state index in [2.05, 4.69) is 15.4 Å². The lowest BCUT2D eigenvalue weighted by Crippen LogP contribution is -2.17. The maximum absolute atomic E-state index is 13.2. The van der Waals surface area contributed by atoms with Crippen molar-refractivity contribution in [1.82, 2.24) is 14.8 Å². The second-order valence-electron chi connectivity index (χ2n) is 5.85. The van der Waals surface area contributed by atoms with Gasteiger partial charge in [-0.05, 0) is 37.1 Å². The number of amides is 1. The first kappa shape index (κ1) is 16.8. The zero-order valence-electron chi connectivity index (χ0n) is 13.9. The summed E-state index contributed by atoms with van der Waals surface area (Å²) >= 11 is 0. The van der Waals surface area contributed by atoms with E-state index in [9.17, 15) is 18.4 Å². The van der Waals surface area contributed by atoms with Gasteiger partial charge in [-0.2, -0.15) is 0 Å². The summed E-state index contributed by atoms with van der Waals surface area (Å²) in [4.78, 5) is 28.7. The monoisotopic (exact) mass is 346 g/mol. The molecule has 0 radical (unpaired) electrons. The molecule has 2 N–H and O–H groups in total. The highest BCUT2D eigenvalue weighted by Gasteiger charge is 2.17. The van der Waals surface area contributed by atoms with E-state index in [1.807, 2.05) is 0 Å². The second kappa shape index (κ2) is 6.12. The van der Waals surface area contributed by atoms with Crippen molar-refractivity contribution >= 4 is 22.6 Å². The number of aromatic amines is 1. The third-order valence-electron chi connectivity index (χ3n) is 4.12. The highest BCUT2D eigenvalue weighted by Crippen LogP contribution is 2.21. The van der Waals surface area contributed by atoms with Crippen LogP contribution in [-0.2, 0) is 18.3 Å². The van der Waals surface area contributed by atoms with Gasteiger partial charge in [0.25, 0.3) is 5.56 Å². The van der Waals surface area contributed by atoms with Crippen LogP contribution in [0.2, 0.25) is 0 Å². The van der Waals surface area contributed by atoms with Gasteiger partial charge in [-0.15, -0.1) is 0 Å². The van der Waals surface area contributed by atoms with Crippen LogP contribution in [0.4, 0.5) is 14.5 Å². The van der Waals surface area contributed by atoms with Crippen LogP contribution in [0, 0.1) is 25.5 Å². The fourth-order valence-corrected chi connectivity index (χ4v) is 2.85. The van der Waals surface area contributed by atoms with E-state index >= 15 is 0 Å². The van der Waals surface area contributed by atoms with Gasteiger partial charge < -0.3 is 5.32 Å². The van der Waals surface area contributed by atoms with E-state index in [0.717, 1.165) is 12.1 Å². The first-order valence-electron chi connectivity index (χ1n) is 7.57. The molecule has 8 heteroatoms. The van der Waals surface area contributed by atoms with Crippen LogP contribution < -0.4 is 10.9 Å². The fraction of sp³-hybridized carbons (Fsp3) is 0.235. The Hall–Kier alpha value is -3.03. The molecule has 0 atom stereocenters. The fourth-order valence-electron chi connectivity index (χ4n) is 2.85. The Labute approximate surface area is 141 Å². The Kier molecular flexibility index (Phi) is 4.12. The molecule has 0 unspecified atom stereocenters. The van der Waals surface area contributed by atoms with E-state index in [-0.39, 0.29) is 17.7 Å². The van der Waals surface area contributed by atoms with Gasteiger partial charge in [-0.3, -0.25) is 19.4 Å². The summed E-state index contributed by atoms with van der Waals surface area (Å²) in [5, 5.41) is 5.59. The summed E-state index contributed by atoms with van der Waals surface area (Å²) in [6.45, 7) is 3.51. The topological polar surface area (TPSA) is 79.8 Å². The summed E-state index contributed by atoms with van der Waals surface area (Å²) in [5.74, 6) is -2.43. The number of nitrogens with one attached hydrogen (secondary N) is 2. The van der Waals surface area contributed by atoms with Crippen molar-refractivity contribution in [2.75, 3.05) is 5.32 Å². The molecule has 0 aliphatic rings. The predicted octanol–water partition coefficient (Wildman–Crippen LogP) is 2.34. The standard InChI is InChI=1S/C17H16F2N4O2/c1-8-11(9(2)20-16-15(8)17(25)22-23(16)3)7-14(24)21-10-4-5-12(18)13(19)6-10/h4-6H,7H2,1-3H3,(H,21,24)(H,22,25). The SMILES string of the molecule is Cc1nc2c(c(C)c1CC(=O)Nc1ccc(F)c(F)c1)c(=O)[nH]n2C. The van der Waals surface area contributed by atoms with Crippen molar-refractivity contribution in [3.63, 3.8) is 0 Å². The van der Waals surface area contributed by atoms with Gasteiger partial charge >= 0.3 is 0 Å². The number of halogens is 2. The number of carbonyl (C=O) groups excluding carboxylic acids is 1. The molecule has 3 rings (SSSR count). The number of pyridine rings is 1. The highest BCUT2D eigenvalue weighted by molar-refractivity contribution is 5.93. The predicted molar refractivity (Wildman–Crippen MR) is 89.5 cm³/mol. The average molecular weight is 346 g/mol. The smallest absolute Gasteiger partial charge is 0.273 e. The van der Waals surface area contributed by atoms with E-state index in [4.69, 9.17) is 0 Å². The molecule has 3 aromatic rings. The molecule has 0 saturated carbocycles. The van der Waals surface area contributed by atoms with Gasteiger partial charge in [0.15, 0.2) is 17.3 Å². The molecule has 0 aliphatic heterocycles. The molecule has 6 nitrogen and oxygen atoms in total. The van der Waals surface area contributed by atoms with E-state index in [1.54, 1.807) is 20.9 Å². The van der Waals surface area contributed by atoms with Crippen LogP contribution >= 0.6 is 0 Å². The second-order valence-corrected chi connectivity index (χ2v) is 5.85. The zero-order chi connectivity index (χ0) is 18.3. The van der Waals surface area contributed by atoms with Gasteiger partial charge in [-0.25, -0.2) is 13.8 Å². The molecule has 0 aliphatic carbocycles. The summed E-state index contributed by atoms with van der Waals surface area (Å²) < 4.78 is 27.7. The molecule has 1 aromatic carbocycles.